The second kappa shape index (κ2) is 10.1. The number of carbonyl (C=O) groups excluding carboxylic acids is 2. The van der Waals surface area contributed by atoms with E-state index in [1.54, 1.807) is 31.4 Å². The zero-order chi connectivity index (χ0) is 21.3. The summed E-state index contributed by atoms with van der Waals surface area (Å²) < 4.78 is 10.8. The smallest absolute Gasteiger partial charge is 0.258 e. The first-order valence-corrected chi connectivity index (χ1v) is 9.54. The Hall–Kier alpha value is -3.80. The van der Waals surface area contributed by atoms with E-state index in [2.05, 4.69) is 10.6 Å². The third-order valence-electron chi connectivity index (χ3n) is 4.43. The number of benzene rings is 3. The van der Waals surface area contributed by atoms with Crippen molar-refractivity contribution in [1.82, 2.24) is 5.32 Å². The standard InChI is InChI=1S/C24H24N2O4/c1-17(27)25-20-10-14-22(15-11-20)30-16-23(28)26-24(18-6-4-3-5-7-18)19-8-12-21(29-2)13-9-19/h3-15,24H,16H2,1-2H3,(H,25,27)(H,26,28)/t24-/m1/s1. The molecule has 3 rings (SSSR count). The molecule has 0 aromatic heterocycles. The highest BCUT2D eigenvalue weighted by atomic mass is 16.5. The first-order valence-electron chi connectivity index (χ1n) is 9.54. The molecule has 0 saturated carbocycles. The van der Waals surface area contributed by atoms with Gasteiger partial charge in [0, 0.05) is 12.6 Å². The molecule has 0 aliphatic heterocycles. The van der Waals surface area contributed by atoms with Gasteiger partial charge < -0.3 is 20.1 Å². The Morgan fingerprint density at radius 3 is 2.03 bits per heavy atom. The molecular formula is C24H24N2O4. The quantitative estimate of drug-likeness (QED) is 0.596. The molecule has 3 aromatic carbocycles. The monoisotopic (exact) mass is 404 g/mol. The minimum Gasteiger partial charge on any atom is -0.497 e. The maximum absolute atomic E-state index is 12.6. The van der Waals surface area contributed by atoms with Crippen LogP contribution in [0.1, 0.15) is 24.1 Å². The molecule has 0 heterocycles. The van der Waals surface area contributed by atoms with Gasteiger partial charge in [-0.3, -0.25) is 9.59 Å². The summed E-state index contributed by atoms with van der Waals surface area (Å²) in [5.41, 5.74) is 2.58. The van der Waals surface area contributed by atoms with Gasteiger partial charge in [-0.1, -0.05) is 42.5 Å². The fourth-order valence-electron chi connectivity index (χ4n) is 2.99. The van der Waals surface area contributed by atoms with E-state index >= 15 is 0 Å². The molecule has 1 atom stereocenters. The SMILES string of the molecule is COc1ccc([C@H](NC(=O)COc2ccc(NC(C)=O)cc2)c2ccccc2)cc1. The molecule has 30 heavy (non-hydrogen) atoms. The maximum Gasteiger partial charge on any atom is 0.258 e. The van der Waals surface area contributed by atoms with Crippen LogP contribution in [0.25, 0.3) is 0 Å². The number of nitrogens with one attached hydrogen (secondary N) is 2. The van der Waals surface area contributed by atoms with Gasteiger partial charge in [-0.2, -0.15) is 0 Å². The molecule has 0 spiro atoms. The normalized spacial score (nSPS) is 11.3. The Labute approximate surface area is 175 Å². The topological polar surface area (TPSA) is 76.7 Å². The Morgan fingerprint density at radius 2 is 1.43 bits per heavy atom. The minimum atomic E-state index is -0.310. The number of anilines is 1. The highest BCUT2D eigenvalue weighted by Gasteiger charge is 2.17. The molecule has 2 N–H and O–H groups in total. The van der Waals surface area contributed by atoms with Gasteiger partial charge in [0.15, 0.2) is 6.61 Å². The van der Waals surface area contributed by atoms with E-state index in [0.717, 1.165) is 16.9 Å². The van der Waals surface area contributed by atoms with Gasteiger partial charge in [0.1, 0.15) is 11.5 Å². The Kier molecular flexibility index (Phi) is 7.05. The molecular weight excluding hydrogens is 380 g/mol. The Balaban J connectivity index is 1.66. The molecule has 0 saturated heterocycles. The highest BCUT2D eigenvalue weighted by Crippen LogP contribution is 2.24. The predicted molar refractivity (Wildman–Crippen MR) is 116 cm³/mol. The van der Waals surface area contributed by atoms with Gasteiger partial charge in [-0.25, -0.2) is 0 Å². The largest absolute Gasteiger partial charge is 0.497 e. The summed E-state index contributed by atoms with van der Waals surface area (Å²) >= 11 is 0. The van der Waals surface area contributed by atoms with Gasteiger partial charge >= 0.3 is 0 Å². The number of carbonyl (C=O) groups is 2. The van der Waals surface area contributed by atoms with Crippen LogP contribution in [-0.4, -0.2) is 25.5 Å². The van der Waals surface area contributed by atoms with Crippen molar-refractivity contribution in [2.24, 2.45) is 0 Å². The highest BCUT2D eigenvalue weighted by molar-refractivity contribution is 5.88. The van der Waals surface area contributed by atoms with Crippen molar-refractivity contribution < 1.29 is 19.1 Å². The van der Waals surface area contributed by atoms with E-state index < -0.39 is 0 Å². The fraction of sp³-hybridized carbons (Fsp3) is 0.167. The van der Waals surface area contributed by atoms with Crippen LogP contribution in [0, 0.1) is 0 Å². The van der Waals surface area contributed by atoms with Gasteiger partial charge in [0.2, 0.25) is 5.91 Å². The molecule has 0 aliphatic rings. The number of methoxy groups -OCH3 is 1. The summed E-state index contributed by atoms with van der Waals surface area (Å²) in [7, 11) is 1.62. The lowest BCUT2D eigenvalue weighted by Crippen LogP contribution is -2.33. The van der Waals surface area contributed by atoms with Crippen molar-refractivity contribution in [2.45, 2.75) is 13.0 Å². The molecule has 0 aliphatic carbocycles. The van der Waals surface area contributed by atoms with Crippen molar-refractivity contribution in [1.29, 1.82) is 0 Å². The van der Waals surface area contributed by atoms with E-state index in [4.69, 9.17) is 9.47 Å². The van der Waals surface area contributed by atoms with Crippen LogP contribution in [0.15, 0.2) is 78.9 Å². The van der Waals surface area contributed by atoms with Gasteiger partial charge in [0.25, 0.3) is 5.91 Å². The number of rotatable bonds is 8. The number of amides is 2. The molecule has 0 unspecified atom stereocenters. The zero-order valence-corrected chi connectivity index (χ0v) is 16.9. The Morgan fingerprint density at radius 1 is 0.833 bits per heavy atom. The van der Waals surface area contributed by atoms with Crippen LogP contribution in [0.5, 0.6) is 11.5 Å². The van der Waals surface area contributed by atoms with Crippen LogP contribution in [-0.2, 0) is 9.59 Å². The number of ether oxygens (including phenoxy) is 2. The third kappa shape index (κ3) is 5.85. The molecule has 0 fully saturated rings. The lowest BCUT2D eigenvalue weighted by Gasteiger charge is -2.20. The van der Waals surface area contributed by atoms with Crippen molar-refractivity contribution in [3.05, 3.63) is 90.0 Å². The van der Waals surface area contributed by atoms with E-state index in [1.165, 1.54) is 6.92 Å². The van der Waals surface area contributed by atoms with Crippen LogP contribution in [0.2, 0.25) is 0 Å². The lowest BCUT2D eigenvalue weighted by molar-refractivity contribution is -0.123. The summed E-state index contributed by atoms with van der Waals surface area (Å²) in [6.07, 6.45) is 0. The average Bonchev–Trinajstić information content (AvgIpc) is 2.77. The molecule has 6 heteroatoms. The van der Waals surface area contributed by atoms with Gasteiger partial charge in [-0.05, 0) is 47.5 Å². The van der Waals surface area contributed by atoms with E-state index in [9.17, 15) is 9.59 Å². The summed E-state index contributed by atoms with van der Waals surface area (Å²) in [4.78, 5) is 23.7. The minimum absolute atomic E-state index is 0.126. The zero-order valence-electron chi connectivity index (χ0n) is 16.9. The summed E-state index contributed by atoms with van der Waals surface area (Å²) in [5.74, 6) is 0.905. The summed E-state index contributed by atoms with van der Waals surface area (Å²) in [6, 6.07) is 23.9. The molecule has 3 aromatic rings. The van der Waals surface area contributed by atoms with Crippen LogP contribution < -0.4 is 20.1 Å². The molecule has 154 valence electrons. The molecule has 2 amide bonds. The van der Waals surface area contributed by atoms with Crippen molar-refractivity contribution >= 4 is 17.5 Å². The van der Waals surface area contributed by atoms with E-state index in [0.29, 0.717) is 11.4 Å². The second-order valence-corrected chi connectivity index (χ2v) is 6.68. The first kappa shape index (κ1) is 20.9. The first-order chi connectivity index (χ1) is 14.5. The number of hydrogen-bond acceptors (Lipinski definition) is 4. The molecule has 0 bridgehead atoms. The van der Waals surface area contributed by atoms with E-state index in [1.807, 2.05) is 54.6 Å². The van der Waals surface area contributed by atoms with Crippen LogP contribution >= 0.6 is 0 Å². The third-order valence-corrected chi connectivity index (χ3v) is 4.43. The predicted octanol–water partition coefficient (Wildman–Crippen LogP) is 3.94. The second-order valence-electron chi connectivity index (χ2n) is 6.68. The fourth-order valence-corrected chi connectivity index (χ4v) is 2.99. The lowest BCUT2D eigenvalue weighted by atomic mass is 9.98. The van der Waals surface area contributed by atoms with Crippen molar-refractivity contribution in [3.8, 4) is 11.5 Å². The van der Waals surface area contributed by atoms with Crippen LogP contribution in [0.4, 0.5) is 5.69 Å². The van der Waals surface area contributed by atoms with Crippen molar-refractivity contribution in [2.75, 3.05) is 19.0 Å². The van der Waals surface area contributed by atoms with E-state index in [-0.39, 0.29) is 24.5 Å². The van der Waals surface area contributed by atoms with Crippen molar-refractivity contribution in [3.63, 3.8) is 0 Å². The average molecular weight is 404 g/mol. The van der Waals surface area contributed by atoms with Gasteiger partial charge in [-0.15, -0.1) is 0 Å². The van der Waals surface area contributed by atoms with Crippen LogP contribution in [0.3, 0.4) is 0 Å². The summed E-state index contributed by atoms with van der Waals surface area (Å²) in [6.45, 7) is 1.32. The maximum atomic E-state index is 12.6. The Bertz CT molecular complexity index is 970. The molecule has 0 radical (unpaired) electrons. The summed E-state index contributed by atoms with van der Waals surface area (Å²) in [5, 5.41) is 5.72. The molecule has 6 nitrogen and oxygen atoms in total. The number of hydrogen-bond donors (Lipinski definition) is 2. The van der Waals surface area contributed by atoms with Gasteiger partial charge in [0.05, 0.1) is 13.2 Å².